The van der Waals surface area contributed by atoms with Gasteiger partial charge in [0.1, 0.15) is 5.82 Å². The van der Waals surface area contributed by atoms with Crippen LogP contribution in [0, 0.1) is 11.7 Å². The Balaban J connectivity index is 0.00000133. The van der Waals surface area contributed by atoms with Gasteiger partial charge in [0.2, 0.25) is 0 Å². The van der Waals surface area contributed by atoms with Crippen molar-refractivity contribution in [3.05, 3.63) is 35.6 Å². The molecule has 0 radical (unpaired) electrons. The topological polar surface area (TPSA) is 32.3 Å². The van der Waals surface area contributed by atoms with Crippen LogP contribution in [0.1, 0.15) is 43.7 Å². The Labute approximate surface area is 119 Å². The van der Waals surface area contributed by atoms with E-state index in [1.54, 1.807) is 6.07 Å². The maximum absolute atomic E-state index is 13.9. The summed E-state index contributed by atoms with van der Waals surface area (Å²) in [5, 5.41) is 14.2. The van der Waals surface area contributed by atoms with Gasteiger partial charge in [0.25, 0.3) is 0 Å². The first kappa shape index (κ1) is 14.8. The fraction of sp³-hybridized carbons (Fsp3) is 0.600. The van der Waals surface area contributed by atoms with Crippen LogP contribution in [0.5, 0.6) is 0 Å². The predicted molar refractivity (Wildman–Crippen MR) is 75.9 cm³/mol. The molecule has 3 rings (SSSR count). The summed E-state index contributed by atoms with van der Waals surface area (Å²) in [6.45, 7) is 0.770. The van der Waals surface area contributed by atoms with Crippen molar-refractivity contribution in [2.45, 2.75) is 43.7 Å². The first-order chi connectivity index (χ1) is 8.71. The van der Waals surface area contributed by atoms with Crippen molar-refractivity contribution in [3.63, 3.8) is 0 Å². The molecule has 2 nitrogen and oxygen atoms in total. The second-order valence-corrected chi connectivity index (χ2v) is 5.66. The van der Waals surface area contributed by atoms with E-state index in [-0.39, 0.29) is 30.2 Å². The predicted octanol–water partition coefficient (Wildman–Crippen LogP) is 3.20. The highest BCUT2D eigenvalue weighted by molar-refractivity contribution is 5.85. The Morgan fingerprint density at radius 1 is 1.21 bits per heavy atom. The number of fused-ring (bicyclic) bond motifs is 1. The van der Waals surface area contributed by atoms with E-state index in [9.17, 15) is 9.50 Å². The van der Waals surface area contributed by atoms with Crippen LogP contribution in [0.2, 0.25) is 0 Å². The van der Waals surface area contributed by atoms with Crippen LogP contribution in [0.4, 0.5) is 4.39 Å². The summed E-state index contributed by atoms with van der Waals surface area (Å²) in [6.07, 6.45) is 4.88. The van der Waals surface area contributed by atoms with Crippen LogP contribution in [-0.2, 0) is 0 Å². The third-order valence-corrected chi connectivity index (χ3v) is 4.63. The van der Waals surface area contributed by atoms with E-state index in [0.29, 0.717) is 5.56 Å². The molecular formula is C15H21ClFNO. The Hall–Kier alpha value is -0.640. The smallest absolute Gasteiger partial charge is 0.127 e. The SMILES string of the molecule is Cl.O[C@]12CCCC[C@@H]1[C@@H](c1ccccc1F)NCC2. The summed E-state index contributed by atoms with van der Waals surface area (Å²) in [7, 11) is 0. The van der Waals surface area contributed by atoms with E-state index < -0.39 is 5.60 Å². The lowest BCUT2D eigenvalue weighted by molar-refractivity contribution is -0.0865. The maximum Gasteiger partial charge on any atom is 0.127 e. The van der Waals surface area contributed by atoms with Crippen molar-refractivity contribution in [2.24, 2.45) is 5.92 Å². The number of halogens is 2. The van der Waals surface area contributed by atoms with Gasteiger partial charge in [-0.25, -0.2) is 4.39 Å². The van der Waals surface area contributed by atoms with Gasteiger partial charge in [-0.05, 0) is 31.9 Å². The van der Waals surface area contributed by atoms with Gasteiger partial charge in [-0.1, -0.05) is 31.0 Å². The highest BCUT2D eigenvalue weighted by Crippen LogP contribution is 2.45. The van der Waals surface area contributed by atoms with Crippen molar-refractivity contribution in [1.82, 2.24) is 5.32 Å². The number of rotatable bonds is 1. The standard InChI is InChI=1S/C15H20FNO.ClH/c16-13-7-2-1-5-11(13)14-12-6-3-4-8-15(12,18)9-10-17-14;/h1-2,5,7,12,14,17-18H,3-4,6,8-10H2;1H/t12-,14-,15+;/m1./s1. The van der Waals surface area contributed by atoms with Gasteiger partial charge >= 0.3 is 0 Å². The zero-order valence-electron chi connectivity index (χ0n) is 10.9. The van der Waals surface area contributed by atoms with E-state index >= 15 is 0 Å². The fourth-order valence-electron chi connectivity index (χ4n) is 3.68. The molecule has 1 saturated carbocycles. The van der Waals surface area contributed by atoms with E-state index in [1.807, 2.05) is 12.1 Å². The normalized spacial score (nSPS) is 34.2. The van der Waals surface area contributed by atoms with E-state index in [4.69, 9.17) is 0 Å². The summed E-state index contributed by atoms with van der Waals surface area (Å²) in [6, 6.07) is 6.90. The largest absolute Gasteiger partial charge is 0.389 e. The summed E-state index contributed by atoms with van der Waals surface area (Å²) < 4.78 is 13.9. The molecule has 1 saturated heterocycles. The second-order valence-electron chi connectivity index (χ2n) is 5.66. The molecule has 3 atom stereocenters. The van der Waals surface area contributed by atoms with Gasteiger partial charge in [-0.15, -0.1) is 12.4 Å². The van der Waals surface area contributed by atoms with Crippen LogP contribution < -0.4 is 5.32 Å². The van der Waals surface area contributed by atoms with E-state index in [2.05, 4.69) is 5.32 Å². The second kappa shape index (κ2) is 5.78. The Kier molecular flexibility index (Phi) is 4.49. The van der Waals surface area contributed by atoms with Gasteiger partial charge in [-0.3, -0.25) is 0 Å². The fourth-order valence-corrected chi connectivity index (χ4v) is 3.68. The summed E-state index contributed by atoms with van der Waals surface area (Å²) >= 11 is 0. The molecule has 1 aromatic rings. The summed E-state index contributed by atoms with van der Waals surface area (Å²) in [5.41, 5.74) is 0.124. The molecule has 106 valence electrons. The first-order valence-electron chi connectivity index (χ1n) is 6.91. The molecule has 1 aliphatic carbocycles. The monoisotopic (exact) mass is 285 g/mol. The average molecular weight is 286 g/mol. The molecule has 0 bridgehead atoms. The number of hydrogen-bond donors (Lipinski definition) is 2. The zero-order valence-corrected chi connectivity index (χ0v) is 11.8. The number of aliphatic hydroxyl groups is 1. The molecule has 2 aliphatic rings. The van der Waals surface area contributed by atoms with Crippen LogP contribution in [0.15, 0.2) is 24.3 Å². The first-order valence-corrected chi connectivity index (χ1v) is 6.91. The minimum atomic E-state index is -0.587. The van der Waals surface area contributed by atoms with Crippen LogP contribution in [-0.4, -0.2) is 17.3 Å². The van der Waals surface area contributed by atoms with Gasteiger partial charge < -0.3 is 10.4 Å². The Morgan fingerprint density at radius 3 is 2.79 bits per heavy atom. The molecule has 2 fully saturated rings. The van der Waals surface area contributed by atoms with E-state index in [1.165, 1.54) is 6.07 Å². The van der Waals surface area contributed by atoms with Crippen molar-refractivity contribution in [2.75, 3.05) is 6.54 Å². The zero-order chi connectivity index (χ0) is 12.6. The Bertz CT molecular complexity index is 438. The number of piperidine rings is 1. The molecule has 2 N–H and O–H groups in total. The van der Waals surface area contributed by atoms with Crippen molar-refractivity contribution in [1.29, 1.82) is 0 Å². The number of hydrogen-bond acceptors (Lipinski definition) is 2. The van der Waals surface area contributed by atoms with Gasteiger partial charge in [0, 0.05) is 17.5 Å². The molecule has 19 heavy (non-hydrogen) atoms. The Morgan fingerprint density at radius 2 is 2.00 bits per heavy atom. The minimum absolute atomic E-state index is 0. The summed E-state index contributed by atoms with van der Waals surface area (Å²) in [5.74, 6) is -0.0123. The third kappa shape index (κ3) is 2.64. The van der Waals surface area contributed by atoms with Gasteiger partial charge in [0.15, 0.2) is 0 Å². The summed E-state index contributed by atoms with van der Waals surface area (Å²) in [4.78, 5) is 0. The highest BCUT2D eigenvalue weighted by Gasteiger charge is 2.46. The van der Waals surface area contributed by atoms with Crippen molar-refractivity contribution in [3.8, 4) is 0 Å². The molecule has 0 amide bonds. The van der Waals surface area contributed by atoms with Crippen LogP contribution in [0.3, 0.4) is 0 Å². The van der Waals surface area contributed by atoms with E-state index in [0.717, 1.165) is 38.6 Å². The average Bonchev–Trinajstić information content (AvgIpc) is 2.38. The third-order valence-electron chi connectivity index (χ3n) is 4.63. The minimum Gasteiger partial charge on any atom is -0.389 e. The molecule has 0 aromatic heterocycles. The molecule has 4 heteroatoms. The van der Waals surface area contributed by atoms with Gasteiger partial charge in [0.05, 0.1) is 5.60 Å². The van der Waals surface area contributed by atoms with Crippen molar-refractivity contribution >= 4 is 12.4 Å². The highest BCUT2D eigenvalue weighted by atomic mass is 35.5. The maximum atomic E-state index is 13.9. The lowest BCUT2D eigenvalue weighted by Gasteiger charge is -2.48. The van der Waals surface area contributed by atoms with Crippen LogP contribution >= 0.6 is 12.4 Å². The lowest BCUT2D eigenvalue weighted by atomic mass is 9.67. The number of benzene rings is 1. The molecule has 1 aliphatic heterocycles. The lowest BCUT2D eigenvalue weighted by Crippen LogP contribution is -2.53. The van der Waals surface area contributed by atoms with Gasteiger partial charge in [-0.2, -0.15) is 0 Å². The molecule has 1 aromatic carbocycles. The number of nitrogens with one attached hydrogen (secondary N) is 1. The van der Waals surface area contributed by atoms with Crippen LogP contribution in [0.25, 0.3) is 0 Å². The van der Waals surface area contributed by atoms with Crippen molar-refractivity contribution < 1.29 is 9.50 Å². The molecule has 0 unspecified atom stereocenters. The molecular weight excluding hydrogens is 265 g/mol. The quantitative estimate of drug-likeness (QED) is 0.830. The molecule has 1 heterocycles. The molecule has 0 spiro atoms.